The zero-order chi connectivity index (χ0) is 24.3. The lowest BCUT2D eigenvalue weighted by Crippen LogP contribution is -2.02. The SMILES string of the molecule is c1ccc(-c2cc(-c3ccccc3)c3ccc4c(C5=Nc6ccccc6C5)ccc5ccc2c3c54)cc1. The van der Waals surface area contributed by atoms with Gasteiger partial charge in [-0.25, -0.2) is 0 Å². The number of para-hydroxylation sites is 1. The Morgan fingerprint density at radius 2 is 1.03 bits per heavy atom. The van der Waals surface area contributed by atoms with Crippen molar-refractivity contribution in [2.24, 2.45) is 4.99 Å². The lowest BCUT2D eigenvalue weighted by Gasteiger charge is -2.19. The molecule has 0 bridgehead atoms. The van der Waals surface area contributed by atoms with Gasteiger partial charge in [0.2, 0.25) is 0 Å². The van der Waals surface area contributed by atoms with Gasteiger partial charge in [0.25, 0.3) is 0 Å². The molecule has 0 fully saturated rings. The van der Waals surface area contributed by atoms with E-state index in [9.17, 15) is 0 Å². The molecule has 0 radical (unpaired) electrons. The van der Waals surface area contributed by atoms with Crippen LogP contribution in [-0.2, 0) is 6.42 Å². The molecule has 0 atom stereocenters. The monoisotopic (exact) mass is 469 g/mol. The second kappa shape index (κ2) is 7.88. The average molecular weight is 470 g/mol. The molecule has 0 saturated heterocycles. The second-order valence-electron chi connectivity index (χ2n) is 9.93. The van der Waals surface area contributed by atoms with E-state index in [2.05, 4.69) is 127 Å². The molecule has 1 heteroatoms. The van der Waals surface area contributed by atoms with Crippen LogP contribution in [0.25, 0.3) is 54.6 Å². The van der Waals surface area contributed by atoms with Gasteiger partial charge in [-0.1, -0.05) is 115 Å². The Morgan fingerprint density at radius 1 is 0.459 bits per heavy atom. The minimum atomic E-state index is 0.880. The molecular weight excluding hydrogens is 446 g/mol. The first-order valence-corrected chi connectivity index (χ1v) is 12.9. The molecule has 8 rings (SSSR count). The molecule has 1 aliphatic rings. The average Bonchev–Trinajstić information content (AvgIpc) is 3.40. The van der Waals surface area contributed by atoms with Crippen molar-refractivity contribution in [2.75, 3.05) is 0 Å². The summed E-state index contributed by atoms with van der Waals surface area (Å²) < 4.78 is 0. The van der Waals surface area contributed by atoms with Gasteiger partial charge in [-0.3, -0.25) is 4.99 Å². The number of fused-ring (bicyclic) bond motifs is 1. The first kappa shape index (κ1) is 20.4. The summed E-state index contributed by atoms with van der Waals surface area (Å²) in [6.45, 7) is 0. The molecule has 1 aliphatic heterocycles. The van der Waals surface area contributed by atoms with E-state index in [-0.39, 0.29) is 0 Å². The highest BCUT2D eigenvalue weighted by atomic mass is 14.8. The summed E-state index contributed by atoms with van der Waals surface area (Å²) in [6, 6.07) is 46.2. The molecule has 7 aromatic rings. The molecule has 0 aromatic heterocycles. The number of aliphatic imine (C=N–C) groups is 1. The fourth-order valence-electron chi connectivity index (χ4n) is 6.15. The minimum absolute atomic E-state index is 0.880. The molecular formula is C36H23N. The Balaban J connectivity index is 1.48. The van der Waals surface area contributed by atoms with Gasteiger partial charge in [0.05, 0.1) is 11.4 Å². The predicted molar refractivity (Wildman–Crippen MR) is 157 cm³/mol. The highest BCUT2D eigenvalue weighted by molar-refractivity contribution is 6.31. The van der Waals surface area contributed by atoms with E-state index >= 15 is 0 Å². The first-order chi connectivity index (χ1) is 18.3. The first-order valence-electron chi connectivity index (χ1n) is 12.9. The zero-order valence-electron chi connectivity index (χ0n) is 20.3. The Bertz CT molecular complexity index is 1920. The molecule has 1 nitrogen and oxygen atoms in total. The van der Waals surface area contributed by atoms with Gasteiger partial charge in [-0.2, -0.15) is 0 Å². The maximum atomic E-state index is 5.05. The molecule has 1 heterocycles. The Labute approximate surface area is 215 Å². The van der Waals surface area contributed by atoms with Crippen molar-refractivity contribution in [1.82, 2.24) is 0 Å². The standard InChI is InChI=1S/C36H23N/c1-3-9-23(10-4-1)31-22-32(24-11-5-2-6-12-24)30-20-19-28-27(34-21-26-13-7-8-14-33(26)37-34)17-15-25-16-18-29(31)36(30)35(25)28/h1-20,22H,21H2. The van der Waals surface area contributed by atoms with Gasteiger partial charge in [-0.05, 0) is 72.3 Å². The highest BCUT2D eigenvalue weighted by Gasteiger charge is 2.21. The van der Waals surface area contributed by atoms with Crippen LogP contribution in [0.15, 0.2) is 132 Å². The maximum Gasteiger partial charge on any atom is 0.0669 e. The third-order valence-electron chi connectivity index (χ3n) is 7.87. The number of hydrogen-bond donors (Lipinski definition) is 0. The largest absolute Gasteiger partial charge is 0.252 e. The summed E-state index contributed by atoms with van der Waals surface area (Å²) in [6.07, 6.45) is 0.880. The lowest BCUT2D eigenvalue weighted by molar-refractivity contribution is 1.39. The Kier molecular flexibility index (Phi) is 4.35. The van der Waals surface area contributed by atoms with E-state index in [1.54, 1.807) is 0 Å². The van der Waals surface area contributed by atoms with Gasteiger partial charge < -0.3 is 0 Å². The van der Waals surface area contributed by atoms with Crippen molar-refractivity contribution in [2.45, 2.75) is 6.42 Å². The van der Waals surface area contributed by atoms with Crippen molar-refractivity contribution in [3.05, 3.63) is 139 Å². The summed E-state index contributed by atoms with van der Waals surface area (Å²) in [4.78, 5) is 5.05. The Morgan fingerprint density at radius 3 is 1.70 bits per heavy atom. The molecule has 0 saturated carbocycles. The quantitative estimate of drug-likeness (QED) is 0.228. The van der Waals surface area contributed by atoms with Gasteiger partial charge in [-0.15, -0.1) is 0 Å². The van der Waals surface area contributed by atoms with Gasteiger partial charge in [0.1, 0.15) is 0 Å². The van der Waals surface area contributed by atoms with Crippen LogP contribution in [0.3, 0.4) is 0 Å². The van der Waals surface area contributed by atoms with Gasteiger partial charge in [0.15, 0.2) is 0 Å². The minimum Gasteiger partial charge on any atom is -0.252 e. The molecule has 7 aromatic carbocycles. The molecule has 0 spiro atoms. The van der Waals surface area contributed by atoms with Crippen LogP contribution >= 0.6 is 0 Å². The fraction of sp³-hybridized carbons (Fsp3) is 0.0278. The summed E-state index contributed by atoms with van der Waals surface area (Å²) in [7, 11) is 0. The van der Waals surface area contributed by atoms with Crippen molar-refractivity contribution >= 4 is 43.7 Å². The smallest absolute Gasteiger partial charge is 0.0669 e. The van der Waals surface area contributed by atoms with Crippen molar-refractivity contribution in [3.63, 3.8) is 0 Å². The van der Waals surface area contributed by atoms with Gasteiger partial charge in [0, 0.05) is 12.0 Å². The summed E-state index contributed by atoms with van der Waals surface area (Å²) in [5.41, 5.74) is 9.84. The van der Waals surface area contributed by atoms with Crippen LogP contribution in [0.2, 0.25) is 0 Å². The van der Waals surface area contributed by atoms with Crippen LogP contribution in [0.1, 0.15) is 11.1 Å². The van der Waals surface area contributed by atoms with E-state index in [0.29, 0.717) is 0 Å². The normalized spacial score (nSPS) is 12.9. The summed E-state index contributed by atoms with van der Waals surface area (Å²) >= 11 is 0. The number of rotatable bonds is 3. The topological polar surface area (TPSA) is 12.4 Å². The molecule has 0 amide bonds. The van der Waals surface area contributed by atoms with Crippen LogP contribution < -0.4 is 0 Å². The van der Waals surface area contributed by atoms with E-state index in [1.165, 1.54) is 65.7 Å². The van der Waals surface area contributed by atoms with Crippen LogP contribution in [0.4, 0.5) is 5.69 Å². The third kappa shape index (κ3) is 3.07. The van der Waals surface area contributed by atoms with Crippen LogP contribution in [0, 0.1) is 0 Å². The van der Waals surface area contributed by atoms with Crippen molar-refractivity contribution < 1.29 is 0 Å². The number of nitrogens with zero attached hydrogens (tertiary/aromatic N) is 1. The zero-order valence-corrected chi connectivity index (χ0v) is 20.3. The molecule has 0 unspecified atom stereocenters. The summed E-state index contributed by atoms with van der Waals surface area (Å²) in [5.74, 6) is 0. The van der Waals surface area contributed by atoms with Crippen LogP contribution in [0.5, 0.6) is 0 Å². The molecule has 37 heavy (non-hydrogen) atoms. The third-order valence-corrected chi connectivity index (χ3v) is 7.87. The highest BCUT2D eigenvalue weighted by Crippen LogP contribution is 2.45. The number of benzene rings is 7. The second-order valence-corrected chi connectivity index (χ2v) is 9.93. The van der Waals surface area contributed by atoms with E-state index < -0.39 is 0 Å². The molecule has 172 valence electrons. The molecule has 0 aliphatic carbocycles. The van der Waals surface area contributed by atoms with Crippen molar-refractivity contribution in [1.29, 1.82) is 0 Å². The number of hydrogen-bond acceptors (Lipinski definition) is 1. The van der Waals surface area contributed by atoms with Crippen LogP contribution in [-0.4, -0.2) is 5.71 Å². The Hall–Kier alpha value is -4.75. The molecule has 0 N–H and O–H groups in total. The van der Waals surface area contributed by atoms with E-state index in [1.807, 2.05) is 0 Å². The predicted octanol–water partition coefficient (Wildman–Crippen LogP) is 9.59. The van der Waals surface area contributed by atoms with Gasteiger partial charge >= 0.3 is 0 Å². The maximum absolute atomic E-state index is 5.05. The van der Waals surface area contributed by atoms with E-state index in [0.717, 1.165) is 17.8 Å². The van der Waals surface area contributed by atoms with E-state index in [4.69, 9.17) is 4.99 Å². The fourth-order valence-corrected chi connectivity index (χ4v) is 6.15. The van der Waals surface area contributed by atoms with Crippen molar-refractivity contribution in [3.8, 4) is 22.3 Å². The summed E-state index contributed by atoms with van der Waals surface area (Å²) in [5, 5.41) is 7.83. The lowest BCUT2D eigenvalue weighted by atomic mass is 9.84.